The molecule has 1 unspecified atom stereocenters. The highest BCUT2D eigenvalue weighted by Crippen LogP contribution is 2.24. The summed E-state index contributed by atoms with van der Waals surface area (Å²) < 4.78 is 5.47. The second kappa shape index (κ2) is 4.22. The van der Waals surface area contributed by atoms with E-state index in [2.05, 4.69) is 20.0 Å². The monoisotopic (exact) mass is 242 g/mol. The maximum absolute atomic E-state index is 5.65. The molecular formula is C10H15ClN4O. The molecule has 5 nitrogen and oxygen atoms in total. The van der Waals surface area contributed by atoms with Crippen molar-refractivity contribution in [1.82, 2.24) is 15.1 Å². The van der Waals surface area contributed by atoms with Crippen molar-refractivity contribution in [2.75, 3.05) is 31.1 Å². The molecule has 0 spiro atoms. The summed E-state index contributed by atoms with van der Waals surface area (Å²) in [6.45, 7) is 4.32. The number of rotatable bonds is 2. The molecule has 6 heteroatoms. The predicted octanol–water partition coefficient (Wildman–Crippen LogP) is 1.09. The van der Waals surface area contributed by atoms with Gasteiger partial charge in [0, 0.05) is 25.7 Å². The Balaban J connectivity index is 1.71. The molecule has 2 aliphatic rings. The Morgan fingerprint density at radius 1 is 1.31 bits per heavy atom. The highest BCUT2D eigenvalue weighted by atomic mass is 35.5. The van der Waals surface area contributed by atoms with Crippen LogP contribution in [0.3, 0.4) is 0 Å². The highest BCUT2D eigenvalue weighted by Gasteiger charge is 2.32. The summed E-state index contributed by atoms with van der Waals surface area (Å²) in [7, 11) is 0. The van der Waals surface area contributed by atoms with Crippen molar-refractivity contribution in [2.24, 2.45) is 0 Å². The van der Waals surface area contributed by atoms with Gasteiger partial charge in [-0.25, -0.2) is 0 Å². The van der Waals surface area contributed by atoms with Crippen molar-refractivity contribution < 1.29 is 4.42 Å². The van der Waals surface area contributed by atoms with Crippen molar-refractivity contribution in [3.05, 3.63) is 5.89 Å². The molecule has 3 rings (SSSR count). The zero-order valence-corrected chi connectivity index (χ0v) is 9.86. The van der Waals surface area contributed by atoms with Crippen molar-refractivity contribution in [2.45, 2.75) is 24.8 Å². The Labute approximate surface area is 99.4 Å². The van der Waals surface area contributed by atoms with Crippen molar-refractivity contribution in [3.8, 4) is 0 Å². The summed E-state index contributed by atoms with van der Waals surface area (Å²) in [6.07, 6.45) is 2.60. The number of halogens is 1. The Bertz CT molecular complexity index is 369. The number of hydrogen-bond acceptors (Lipinski definition) is 5. The third kappa shape index (κ3) is 1.78. The van der Waals surface area contributed by atoms with Crippen molar-refractivity contribution >= 4 is 17.6 Å². The smallest absolute Gasteiger partial charge is 0.318 e. The zero-order valence-electron chi connectivity index (χ0n) is 9.10. The molecule has 3 heterocycles. The van der Waals surface area contributed by atoms with Crippen LogP contribution in [0.1, 0.15) is 18.7 Å². The van der Waals surface area contributed by atoms with Crippen LogP contribution >= 0.6 is 11.6 Å². The lowest BCUT2D eigenvalue weighted by molar-refractivity contribution is 0.225. The van der Waals surface area contributed by atoms with E-state index in [1.807, 2.05) is 0 Å². The normalized spacial score (nSPS) is 26.1. The van der Waals surface area contributed by atoms with Gasteiger partial charge in [-0.3, -0.25) is 4.90 Å². The maximum atomic E-state index is 5.65. The summed E-state index contributed by atoms with van der Waals surface area (Å²) in [6, 6.07) is 1.29. The van der Waals surface area contributed by atoms with Crippen LogP contribution in [-0.4, -0.2) is 47.3 Å². The van der Waals surface area contributed by atoms with Gasteiger partial charge >= 0.3 is 6.01 Å². The molecule has 1 aromatic heterocycles. The van der Waals surface area contributed by atoms with E-state index in [9.17, 15) is 0 Å². The minimum Gasteiger partial charge on any atom is -0.407 e. The van der Waals surface area contributed by atoms with Gasteiger partial charge in [0.15, 0.2) is 0 Å². The standard InChI is InChI=1S/C10H15ClN4O/c11-6-9-12-13-10(16-9)15-5-4-14-3-1-2-8(14)7-15/h8H,1-7H2. The van der Waals surface area contributed by atoms with Crippen molar-refractivity contribution in [3.63, 3.8) is 0 Å². The van der Waals surface area contributed by atoms with E-state index in [0.717, 1.165) is 19.6 Å². The number of aromatic nitrogens is 2. The number of piperazine rings is 1. The molecule has 0 bridgehead atoms. The van der Waals surface area contributed by atoms with Crippen LogP contribution in [0.5, 0.6) is 0 Å². The largest absolute Gasteiger partial charge is 0.407 e. The number of nitrogens with zero attached hydrogens (tertiary/aromatic N) is 4. The van der Waals surface area contributed by atoms with Crippen LogP contribution in [0.4, 0.5) is 6.01 Å². The first-order chi connectivity index (χ1) is 7.86. The van der Waals surface area contributed by atoms with Crippen LogP contribution in [-0.2, 0) is 5.88 Å². The van der Waals surface area contributed by atoms with Gasteiger partial charge in [-0.05, 0) is 19.4 Å². The van der Waals surface area contributed by atoms with Crippen molar-refractivity contribution in [1.29, 1.82) is 0 Å². The Morgan fingerprint density at radius 2 is 2.25 bits per heavy atom. The lowest BCUT2D eigenvalue weighted by Gasteiger charge is -2.36. The molecule has 2 aliphatic heterocycles. The van der Waals surface area contributed by atoms with Gasteiger partial charge in [0.25, 0.3) is 0 Å². The molecule has 16 heavy (non-hydrogen) atoms. The van der Waals surface area contributed by atoms with E-state index < -0.39 is 0 Å². The Hall–Kier alpha value is -0.810. The van der Waals surface area contributed by atoms with E-state index in [1.54, 1.807) is 0 Å². The molecule has 0 aliphatic carbocycles. The minimum atomic E-state index is 0.288. The average molecular weight is 243 g/mol. The minimum absolute atomic E-state index is 0.288. The van der Waals surface area contributed by atoms with E-state index >= 15 is 0 Å². The quantitative estimate of drug-likeness (QED) is 0.727. The topological polar surface area (TPSA) is 45.4 Å². The fourth-order valence-corrected chi connectivity index (χ4v) is 2.70. The summed E-state index contributed by atoms with van der Waals surface area (Å²) in [5, 5.41) is 7.92. The highest BCUT2D eigenvalue weighted by molar-refractivity contribution is 6.16. The van der Waals surface area contributed by atoms with Gasteiger partial charge in [0.05, 0.1) is 0 Å². The Kier molecular flexibility index (Phi) is 2.73. The van der Waals surface area contributed by atoms with Gasteiger partial charge in [0.1, 0.15) is 5.88 Å². The van der Waals surface area contributed by atoms with Crippen LogP contribution in [0, 0.1) is 0 Å². The molecule has 0 saturated carbocycles. The lowest BCUT2D eigenvalue weighted by Crippen LogP contribution is -2.50. The number of hydrogen-bond donors (Lipinski definition) is 0. The second-order valence-electron chi connectivity index (χ2n) is 4.39. The molecule has 2 fully saturated rings. The fraction of sp³-hybridized carbons (Fsp3) is 0.800. The van der Waals surface area contributed by atoms with E-state index in [1.165, 1.54) is 19.4 Å². The van der Waals surface area contributed by atoms with Gasteiger partial charge < -0.3 is 9.32 Å². The SMILES string of the molecule is ClCc1nnc(N2CCN3CCCC3C2)o1. The first-order valence-corrected chi connectivity index (χ1v) is 6.27. The van der Waals surface area contributed by atoms with Gasteiger partial charge in [-0.2, -0.15) is 0 Å². The summed E-state index contributed by atoms with van der Waals surface area (Å²) >= 11 is 5.65. The van der Waals surface area contributed by atoms with Gasteiger partial charge in [-0.15, -0.1) is 16.7 Å². The molecular weight excluding hydrogens is 228 g/mol. The molecule has 0 amide bonds. The lowest BCUT2D eigenvalue weighted by atomic mass is 10.2. The summed E-state index contributed by atoms with van der Waals surface area (Å²) in [4.78, 5) is 4.73. The molecule has 1 aromatic rings. The number of fused-ring (bicyclic) bond motifs is 1. The molecule has 88 valence electrons. The molecule has 0 N–H and O–H groups in total. The van der Waals surface area contributed by atoms with E-state index in [4.69, 9.17) is 16.0 Å². The molecule has 0 radical (unpaired) electrons. The van der Waals surface area contributed by atoms with Crippen LogP contribution in [0.2, 0.25) is 0 Å². The average Bonchev–Trinajstić information content (AvgIpc) is 2.96. The van der Waals surface area contributed by atoms with Crippen LogP contribution < -0.4 is 4.90 Å². The fourth-order valence-electron chi connectivity index (χ4n) is 2.59. The molecule has 1 atom stereocenters. The summed E-state index contributed by atoms with van der Waals surface area (Å²) in [5.41, 5.74) is 0. The molecule has 0 aromatic carbocycles. The first-order valence-electron chi connectivity index (χ1n) is 5.74. The predicted molar refractivity (Wildman–Crippen MR) is 60.7 cm³/mol. The van der Waals surface area contributed by atoms with Crippen LogP contribution in [0.15, 0.2) is 4.42 Å². The maximum Gasteiger partial charge on any atom is 0.318 e. The van der Waals surface area contributed by atoms with Gasteiger partial charge in [0.2, 0.25) is 5.89 Å². The van der Waals surface area contributed by atoms with E-state index in [-0.39, 0.29) is 5.88 Å². The second-order valence-corrected chi connectivity index (χ2v) is 4.66. The van der Waals surface area contributed by atoms with E-state index in [0.29, 0.717) is 17.9 Å². The number of anilines is 1. The Morgan fingerprint density at radius 3 is 3.06 bits per heavy atom. The third-order valence-electron chi connectivity index (χ3n) is 3.43. The number of alkyl halides is 1. The first kappa shape index (κ1) is 10.4. The van der Waals surface area contributed by atoms with Crippen LogP contribution in [0.25, 0.3) is 0 Å². The van der Waals surface area contributed by atoms with Gasteiger partial charge in [-0.1, -0.05) is 5.10 Å². The zero-order chi connectivity index (χ0) is 11.0. The third-order valence-corrected chi connectivity index (χ3v) is 3.66. The molecule has 2 saturated heterocycles. The summed E-state index contributed by atoms with van der Waals surface area (Å²) in [5.74, 6) is 0.793.